The number of nitrogens with one attached hydrogen (secondary N) is 1. The van der Waals surface area contributed by atoms with E-state index in [-0.39, 0.29) is 0 Å². The molecule has 0 fully saturated rings. The number of hydrogen-bond donors (Lipinski definition) is 1. The average molecular weight is 320 g/mol. The van der Waals surface area contributed by atoms with Crippen LogP contribution in [0.2, 0.25) is 5.02 Å². The molecule has 1 nitrogen and oxygen atoms in total. The van der Waals surface area contributed by atoms with Crippen LogP contribution in [-0.2, 0) is 0 Å². The maximum Gasteiger partial charge on any atom is 0.0415 e. The zero-order valence-corrected chi connectivity index (χ0v) is 14.2. The lowest BCUT2D eigenvalue weighted by Gasteiger charge is -2.19. The van der Waals surface area contributed by atoms with E-state index in [0.717, 1.165) is 23.7 Å². The zero-order valence-electron chi connectivity index (χ0n) is 12.6. The van der Waals surface area contributed by atoms with Crippen molar-refractivity contribution in [1.82, 2.24) is 5.32 Å². The summed E-state index contributed by atoms with van der Waals surface area (Å²) in [6.07, 6.45) is 1.14. The molecule has 0 bridgehead atoms. The van der Waals surface area contributed by atoms with Gasteiger partial charge in [-0.25, -0.2) is 0 Å². The van der Waals surface area contributed by atoms with Gasteiger partial charge in [0.05, 0.1) is 0 Å². The Morgan fingerprint density at radius 2 is 1.71 bits per heavy atom. The third kappa shape index (κ3) is 5.39. The van der Waals surface area contributed by atoms with Crippen molar-refractivity contribution < 1.29 is 0 Å². The molecule has 21 heavy (non-hydrogen) atoms. The Morgan fingerprint density at radius 1 is 1.05 bits per heavy atom. The van der Waals surface area contributed by atoms with E-state index in [2.05, 4.69) is 55.6 Å². The summed E-state index contributed by atoms with van der Waals surface area (Å²) in [5, 5.41) is 4.41. The largest absolute Gasteiger partial charge is 0.309 e. The lowest BCUT2D eigenvalue weighted by Crippen LogP contribution is -2.24. The predicted molar refractivity (Wildman–Crippen MR) is 94.4 cm³/mol. The highest BCUT2D eigenvalue weighted by molar-refractivity contribution is 7.99. The Balaban J connectivity index is 2.02. The predicted octanol–water partition coefficient (Wildman–Crippen LogP) is 5.48. The van der Waals surface area contributed by atoms with Crippen LogP contribution in [0.15, 0.2) is 53.4 Å². The van der Waals surface area contributed by atoms with E-state index < -0.39 is 0 Å². The van der Waals surface area contributed by atoms with Gasteiger partial charge in [-0.1, -0.05) is 48.4 Å². The summed E-state index contributed by atoms with van der Waals surface area (Å²) >= 11 is 7.87. The molecule has 0 heterocycles. The lowest BCUT2D eigenvalue weighted by molar-refractivity contribution is 0.577. The van der Waals surface area contributed by atoms with Crippen molar-refractivity contribution in [2.75, 3.05) is 12.3 Å². The van der Waals surface area contributed by atoms with Gasteiger partial charge in [0.2, 0.25) is 0 Å². The molecule has 1 N–H and O–H groups in total. The maximum atomic E-state index is 5.98. The molecule has 2 rings (SSSR count). The summed E-state index contributed by atoms with van der Waals surface area (Å²) < 4.78 is 0. The minimum absolute atomic E-state index is 0.355. The molecule has 0 aliphatic heterocycles. The minimum atomic E-state index is 0.355. The van der Waals surface area contributed by atoms with Crippen LogP contribution >= 0.6 is 23.4 Å². The highest BCUT2D eigenvalue weighted by Gasteiger charge is 2.11. The van der Waals surface area contributed by atoms with Crippen LogP contribution in [0.25, 0.3) is 0 Å². The highest BCUT2D eigenvalue weighted by atomic mass is 35.5. The molecule has 112 valence electrons. The van der Waals surface area contributed by atoms with Crippen molar-refractivity contribution in [2.24, 2.45) is 0 Å². The van der Waals surface area contributed by atoms with E-state index >= 15 is 0 Å². The Kier molecular flexibility index (Phi) is 6.62. The van der Waals surface area contributed by atoms with Crippen LogP contribution in [0.5, 0.6) is 0 Å². The minimum Gasteiger partial charge on any atom is -0.309 e. The molecule has 0 aliphatic carbocycles. The first-order valence-electron chi connectivity index (χ1n) is 7.37. The second kappa shape index (κ2) is 8.47. The molecule has 0 aliphatic rings. The van der Waals surface area contributed by atoms with Crippen LogP contribution < -0.4 is 5.32 Å². The standard InChI is InChI=1S/C18H22ClNS/c1-3-12-20-18(15-6-8-16(19)9-7-15)13-21-17-10-4-14(2)5-11-17/h4-11,18,20H,3,12-13H2,1-2H3. The van der Waals surface area contributed by atoms with E-state index in [9.17, 15) is 0 Å². The summed E-state index contributed by atoms with van der Waals surface area (Å²) in [6, 6.07) is 17.2. The van der Waals surface area contributed by atoms with Gasteiger partial charge in [0.15, 0.2) is 0 Å². The van der Waals surface area contributed by atoms with Gasteiger partial charge in [-0.2, -0.15) is 0 Å². The Hall–Kier alpha value is -0.960. The molecular weight excluding hydrogens is 298 g/mol. The fourth-order valence-electron chi connectivity index (χ4n) is 2.10. The molecule has 1 atom stereocenters. The Morgan fingerprint density at radius 3 is 2.33 bits per heavy atom. The molecule has 1 unspecified atom stereocenters. The molecule has 0 amide bonds. The first-order valence-corrected chi connectivity index (χ1v) is 8.73. The van der Waals surface area contributed by atoms with Crippen molar-refractivity contribution in [1.29, 1.82) is 0 Å². The molecule has 2 aromatic carbocycles. The molecular formula is C18H22ClNS. The van der Waals surface area contributed by atoms with Crippen molar-refractivity contribution >= 4 is 23.4 Å². The number of rotatable bonds is 7. The van der Waals surface area contributed by atoms with Crippen LogP contribution in [0.3, 0.4) is 0 Å². The van der Waals surface area contributed by atoms with Crippen LogP contribution in [-0.4, -0.2) is 12.3 Å². The fourth-order valence-corrected chi connectivity index (χ4v) is 3.22. The van der Waals surface area contributed by atoms with E-state index in [1.165, 1.54) is 16.0 Å². The first kappa shape index (κ1) is 16.4. The van der Waals surface area contributed by atoms with Crippen molar-refractivity contribution in [3.05, 3.63) is 64.7 Å². The van der Waals surface area contributed by atoms with Gasteiger partial charge in [-0.05, 0) is 49.7 Å². The van der Waals surface area contributed by atoms with Gasteiger partial charge in [0.1, 0.15) is 0 Å². The Labute approximate surface area is 137 Å². The Bertz CT molecular complexity index is 536. The monoisotopic (exact) mass is 319 g/mol. The summed E-state index contributed by atoms with van der Waals surface area (Å²) in [7, 11) is 0. The van der Waals surface area contributed by atoms with Gasteiger partial charge in [0.25, 0.3) is 0 Å². The van der Waals surface area contributed by atoms with Gasteiger partial charge in [-0.15, -0.1) is 11.8 Å². The zero-order chi connectivity index (χ0) is 15.1. The first-order chi connectivity index (χ1) is 10.2. The average Bonchev–Trinajstić information content (AvgIpc) is 2.50. The third-order valence-corrected chi connectivity index (χ3v) is 4.71. The molecule has 0 saturated carbocycles. The summed E-state index contributed by atoms with van der Waals surface area (Å²) in [5.74, 6) is 1.02. The van der Waals surface area contributed by atoms with Gasteiger partial charge in [-0.3, -0.25) is 0 Å². The van der Waals surface area contributed by atoms with Gasteiger partial charge < -0.3 is 5.32 Å². The number of halogens is 1. The summed E-state index contributed by atoms with van der Waals surface area (Å²) in [5.41, 5.74) is 2.60. The molecule has 2 aromatic rings. The van der Waals surface area contributed by atoms with E-state index in [1.807, 2.05) is 23.9 Å². The molecule has 0 saturated heterocycles. The third-order valence-electron chi connectivity index (χ3n) is 3.35. The van der Waals surface area contributed by atoms with Crippen LogP contribution in [0.4, 0.5) is 0 Å². The number of aryl methyl sites for hydroxylation is 1. The van der Waals surface area contributed by atoms with Crippen molar-refractivity contribution in [3.8, 4) is 0 Å². The summed E-state index contributed by atoms with van der Waals surface area (Å²) in [6.45, 7) is 5.34. The number of hydrogen-bond acceptors (Lipinski definition) is 2. The fraction of sp³-hybridized carbons (Fsp3) is 0.333. The SMILES string of the molecule is CCCNC(CSc1ccc(C)cc1)c1ccc(Cl)cc1. The van der Waals surface area contributed by atoms with Crippen molar-refractivity contribution in [2.45, 2.75) is 31.2 Å². The molecule has 0 aromatic heterocycles. The van der Waals surface area contributed by atoms with E-state index in [4.69, 9.17) is 11.6 Å². The number of benzene rings is 2. The smallest absolute Gasteiger partial charge is 0.0415 e. The van der Waals surface area contributed by atoms with Crippen molar-refractivity contribution in [3.63, 3.8) is 0 Å². The summed E-state index contributed by atoms with van der Waals surface area (Å²) in [4.78, 5) is 1.32. The lowest BCUT2D eigenvalue weighted by atomic mass is 10.1. The van der Waals surface area contributed by atoms with E-state index in [0.29, 0.717) is 6.04 Å². The normalized spacial score (nSPS) is 12.3. The molecule has 0 radical (unpaired) electrons. The quantitative estimate of drug-likeness (QED) is 0.678. The van der Waals surface area contributed by atoms with Gasteiger partial charge >= 0.3 is 0 Å². The van der Waals surface area contributed by atoms with E-state index in [1.54, 1.807) is 0 Å². The number of thioether (sulfide) groups is 1. The molecule has 3 heteroatoms. The van der Waals surface area contributed by atoms with Gasteiger partial charge in [0, 0.05) is 21.7 Å². The maximum absolute atomic E-state index is 5.98. The molecule has 0 spiro atoms. The second-order valence-electron chi connectivity index (χ2n) is 5.18. The highest BCUT2D eigenvalue weighted by Crippen LogP contribution is 2.26. The van der Waals surface area contributed by atoms with Crippen LogP contribution in [0, 0.1) is 6.92 Å². The topological polar surface area (TPSA) is 12.0 Å². The second-order valence-corrected chi connectivity index (χ2v) is 6.71. The van der Waals surface area contributed by atoms with Crippen LogP contribution in [0.1, 0.15) is 30.5 Å².